The highest BCUT2D eigenvalue weighted by Gasteiger charge is 2.16. The lowest BCUT2D eigenvalue weighted by Gasteiger charge is -2.12. The molecule has 3 N–H and O–H groups in total. The van der Waals surface area contributed by atoms with E-state index >= 15 is 0 Å². The molecule has 0 spiro atoms. The molecule has 2 rings (SSSR count). The van der Waals surface area contributed by atoms with E-state index in [9.17, 15) is 4.79 Å². The van der Waals surface area contributed by atoms with Gasteiger partial charge in [-0.05, 0) is 32.0 Å². The van der Waals surface area contributed by atoms with Crippen LogP contribution in [0.5, 0.6) is 0 Å². The van der Waals surface area contributed by atoms with E-state index in [1.165, 1.54) is 0 Å². The molecule has 100 valence electrons. The maximum absolute atomic E-state index is 12.2. The average molecular weight is 279 g/mol. The Morgan fingerprint density at radius 1 is 1.53 bits per heavy atom. The highest BCUT2D eigenvalue weighted by atomic mass is 35.5. The standard InChI is InChI=1S/C13H15ClN4O/c1-8(2)18-7-9(15)6-11(18)13(19)17-12-10(14)4-3-5-16-12/h3-8H,15H2,1-2H3,(H,16,17,19). The fraction of sp³-hybridized carbons (Fsp3) is 0.231. The van der Waals surface area contributed by atoms with Gasteiger partial charge in [0.05, 0.1) is 10.7 Å². The van der Waals surface area contributed by atoms with Crippen molar-refractivity contribution in [2.45, 2.75) is 19.9 Å². The van der Waals surface area contributed by atoms with Crippen LogP contribution in [0, 0.1) is 0 Å². The summed E-state index contributed by atoms with van der Waals surface area (Å²) < 4.78 is 1.81. The van der Waals surface area contributed by atoms with Gasteiger partial charge in [0.15, 0.2) is 5.82 Å². The minimum Gasteiger partial charge on any atom is -0.397 e. The van der Waals surface area contributed by atoms with Gasteiger partial charge in [-0.2, -0.15) is 0 Å². The largest absolute Gasteiger partial charge is 0.397 e. The first-order chi connectivity index (χ1) is 8.99. The first kappa shape index (κ1) is 13.4. The number of carbonyl (C=O) groups is 1. The van der Waals surface area contributed by atoms with Crippen LogP contribution in [0.4, 0.5) is 11.5 Å². The second kappa shape index (κ2) is 5.32. The number of nitrogen functional groups attached to an aromatic ring is 1. The maximum Gasteiger partial charge on any atom is 0.273 e. The predicted octanol–water partition coefficient (Wildman–Crippen LogP) is 2.95. The molecule has 2 heterocycles. The second-order valence-corrected chi connectivity index (χ2v) is 4.85. The third-order valence-electron chi connectivity index (χ3n) is 2.65. The quantitative estimate of drug-likeness (QED) is 0.906. The molecule has 6 heteroatoms. The minimum absolute atomic E-state index is 0.136. The van der Waals surface area contributed by atoms with Gasteiger partial charge in [-0.3, -0.25) is 4.79 Å². The van der Waals surface area contributed by atoms with Crippen molar-refractivity contribution in [3.05, 3.63) is 41.3 Å². The third kappa shape index (κ3) is 2.88. The second-order valence-electron chi connectivity index (χ2n) is 4.45. The number of anilines is 2. The molecule has 1 amide bonds. The highest BCUT2D eigenvalue weighted by Crippen LogP contribution is 2.21. The van der Waals surface area contributed by atoms with Gasteiger partial charge in [0.2, 0.25) is 0 Å². The average Bonchev–Trinajstić information content (AvgIpc) is 2.74. The van der Waals surface area contributed by atoms with Gasteiger partial charge < -0.3 is 15.6 Å². The summed E-state index contributed by atoms with van der Waals surface area (Å²) in [7, 11) is 0. The topological polar surface area (TPSA) is 72.9 Å². The van der Waals surface area contributed by atoms with Crippen molar-refractivity contribution in [2.24, 2.45) is 0 Å². The number of rotatable bonds is 3. The van der Waals surface area contributed by atoms with Crippen LogP contribution in [0.3, 0.4) is 0 Å². The van der Waals surface area contributed by atoms with Crippen molar-refractivity contribution >= 4 is 29.0 Å². The molecule has 0 radical (unpaired) electrons. The summed E-state index contributed by atoms with van der Waals surface area (Å²) >= 11 is 5.95. The Labute approximate surface area is 116 Å². The fourth-order valence-electron chi connectivity index (χ4n) is 1.76. The number of nitrogens with zero attached hydrogens (tertiary/aromatic N) is 2. The molecular formula is C13H15ClN4O. The number of pyridine rings is 1. The van der Waals surface area contributed by atoms with Crippen LogP contribution in [-0.2, 0) is 0 Å². The normalized spacial score (nSPS) is 10.7. The van der Waals surface area contributed by atoms with Crippen LogP contribution in [-0.4, -0.2) is 15.5 Å². The molecule has 0 saturated carbocycles. The zero-order chi connectivity index (χ0) is 14.0. The monoisotopic (exact) mass is 278 g/mol. The number of nitrogens with two attached hydrogens (primary N) is 1. The van der Waals surface area contributed by atoms with Gasteiger partial charge in [-0.25, -0.2) is 4.98 Å². The van der Waals surface area contributed by atoms with Crippen LogP contribution < -0.4 is 11.1 Å². The van der Waals surface area contributed by atoms with Crippen molar-refractivity contribution in [3.8, 4) is 0 Å². The number of amides is 1. The summed E-state index contributed by atoms with van der Waals surface area (Å²) in [6, 6.07) is 5.14. The van der Waals surface area contributed by atoms with E-state index in [0.29, 0.717) is 22.2 Å². The molecule has 0 unspecified atom stereocenters. The Balaban J connectivity index is 2.28. The summed E-state index contributed by atoms with van der Waals surface area (Å²) in [6.07, 6.45) is 3.30. The molecule has 0 aliphatic carbocycles. The lowest BCUT2D eigenvalue weighted by molar-refractivity contribution is 0.101. The number of carbonyl (C=O) groups excluding carboxylic acids is 1. The molecule has 5 nitrogen and oxygen atoms in total. The summed E-state index contributed by atoms with van der Waals surface area (Å²) in [6.45, 7) is 3.95. The number of hydrogen-bond acceptors (Lipinski definition) is 3. The molecule has 0 fully saturated rings. The van der Waals surface area contributed by atoms with E-state index < -0.39 is 0 Å². The summed E-state index contributed by atoms with van der Waals surface area (Å²) in [4.78, 5) is 16.2. The van der Waals surface area contributed by atoms with Crippen LogP contribution in [0.2, 0.25) is 5.02 Å². The van der Waals surface area contributed by atoms with Crippen LogP contribution in [0.25, 0.3) is 0 Å². The Hall–Kier alpha value is -2.01. The fourth-order valence-corrected chi connectivity index (χ4v) is 1.93. The lowest BCUT2D eigenvalue weighted by atomic mass is 10.3. The van der Waals surface area contributed by atoms with E-state index in [2.05, 4.69) is 10.3 Å². The molecule has 0 atom stereocenters. The Bertz CT molecular complexity index is 606. The van der Waals surface area contributed by atoms with Crippen LogP contribution in [0.15, 0.2) is 30.6 Å². The molecule has 2 aromatic heterocycles. The number of nitrogens with one attached hydrogen (secondary N) is 1. The molecular weight excluding hydrogens is 264 g/mol. The first-order valence-electron chi connectivity index (χ1n) is 5.88. The number of aromatic nitrogens is 2. The molecule has 0 aromatic carbocycles. The van der Waals surface area contributed by atoms with Gasteiger partial charge in [-0.1, -0.05) is 11.6 Å². The zero-order valence-electron chi connectivity index (χ0n) is 10.7. The van der Waals surface area contributed by atoms with Crippen molar-refractivity contribution in [3.63, 3.8) is 0 Å². The highest BCUT2D eigenvalue weighted by molar-refractivity contribution is 6.33. The first-order valence-corrected chi connectivity index (χ1v) is 6.26. The van der Waals surface area contributed by atoms with Crippen molar-refractivity contribution in [1.29, 1.82) is 0 Å². The van der Waals surface area contributed by atoms with Crippen molar-refractivity contribution in [2.75, 3.05) is 11.1 Å². The van der Waals surface area contributed by atoms with Gasteiger partial charge in [0, 0.05) is 18.4 Å². The Morgan fingerprint density at radius 3 is 2.89 bits per heavy atom. The molecule has 2 aromatic rings. The van der Waals surface area contributed by atoms with Gasteiger partial charge in [-0.15, -0.1) is 0 Å². The minimum atomic E-state index is -0.286. The van der Waals surface area contributed by atoms with Crippen molar-refractivity contribution in [1.82, 2.24) is 9.55 Å². The van der Waals surface area contributed by atoms with Gasteiger partial charge in [0.1, 0.15) is 5.69 Å². The molecule has 0 aliphatic heterocycles. The van der Waals surface area contributed by atoms with E-state index in [1.54, 1.807) is 30.6 Å². The predicted molar refractivity (Wildman–Crippen MR) is 76.4 cm³/mol. The van der Waals surface area contributed by atoms with Crippen molar-refractivity contribution < 1.29 is 4.79 Å². The van der Waals surface area contributed by atoms with Gasteiger partial charge >= 0.3 is 0 Å². The Morgan fingerprint density at radius 2 is 2.26 bits per heavy atom. The van der Waals surface area contributed by atoms with E-state index in [1.807, 2.05) is 18.4 Å². The SMILES string of the molecule is CC(C)n1cc(N)cc1C(=O)Nc1ncccc1Cl. The number of hydrogen-bond donors (Lipinski definition) is 2. The summed E-state index contributed by atoms with van der Waals surface area (Å²) in [5, 5.41) is 3.07. The van der Waals surface area contributed by atoms with E-state index in [0.717, 1.165) is 0 Å². The molecule has 0 saturated heterocycles. The van der Waals surface area contributed by atoms with E-state index in [-0.39, 0.29) is 11.9 Å². The summed E-state index contributed by atoms with van der Waals surface area (Å²) in [5.74, 6) is 0.0512. The zero-order valence-corrected chi connectivity index (χ0v) is 11.5. The molecule has 19 heavy (non-hydrogen) atoms. The van der Waals surface area contributed by atoms with Gasteiger partial charge in [0.25, 0.3) is 5.91 Å². The summed E-state index contributed by atoms with van der Waals surface area (Å²) in [5.41, 5.74) is 6.76. The van der Waals surface area contributed by atoms with Crippen LogP contribution >= 0.6 is 11.6 Å². The van der Waals surface area contributed by atoms with Crippen LogP contribution in [0.1, 0.15) is 30.4 Å². The number of halogens is 1. The molecule has 0 bridgehead atoms. The van der Waals surface area contributed by atoms with E-state index in [4.69, 9.17) is 17.3 Å². The lowest BCUT2D eigenvalue weighted by Crippen LogP contribution is -2.18. The third-order valence-corrected chi connectivity index (χ3v) is 2.95. The molecule has 0 aliphatic rings. The maximum atomic E-state index is 12.2. The Kier molecular flexibility index (Phi) is 3.76. The smallest absolute Gasteiger partial charge is 0.273 e.